The molecule has 12 heavy (non-hydrogen) atoms. The number of hydrogen-bond donors (Lipinski definition) is 2. The van der Waals surface area contributed by atoms with Gasteiger partial charge in [0.25, 0.3) is 10.2 Å². The van der Waals surface area contributed by atoms with Gasteiger partial charge in [0.1, 0.15) is 0 Å². The third-order valence-corrected chi connectivity index (χ3v) is 4.16. The Morgan fingerprint density at radius 1 is 1.42 bits per heavy atom. The van der Waals surface area contributed by atoms with Crippen LogP contribution in [-0.4, -0.2) is 45.2 Å². The molecule has 0 unspecified atom stereocenters. The van der Waals surface area contributed by atoms with Gasteiger partial charge >= 0.3 is 0 Å². The Hall–Kier alpha value is 0.180. The van der Waals surface area contributed by atoms with E-state index in [0.717, 1.165) is 25.0 Å². The highest BCUT2D eigenvalue weighted by Crippen LogP contribution is 2.02. The molecular formula is C5H13N3O2S2. The predicted molar refractivity (Wildman–Crippen MR) is 50.0 cm³/mol. The van der Waals surface area contributed by atoms with E-state index in [1.807, 2.05) is 0 Å². The van der Waals surface area contributed by atoms with Gasteiger partial charge < -0.3 is 5.32 Å². The van der Waals surface area contributed by atoms with Gasteiger partial charge in [0.15, 0.2) is 0 Å². The Balaban J connectivity index is 2.54. The summed E-state index contributed by atoms with van der Waals surface area (Å²) in [6.07, 6.45) is 1.69. The molecule has 1 rings (SSSR count). The van der Waals surface area contributed by atoms with Gasteiger partial charge in [0, 0.05) is 26.2 Å². The lowest BCUT2D eigenvalue weighted by molar-refractivity contribution is 0.359. The molecule has 0 atom stereocenters. The lowest BCUT2D eigenvalue weighted by Crippen LogP contribution is -2.49. The van der Waals surface area contributed by atoms with E-state index in [2.05, 4.69) is 9.44 Å². The first-order chi connectivity index (χ1) is 5.67. The Morgan fingerprint density at radius 2 is 2.00 bits per heavy atom. The molecule has 7 heteroatoms. The summed E-state index contributed by atoms with van der Waals surface area (Å²) in [5.41, 5.74) is 0. The largest absolute Gasteiger partial charge is 0.314 e. The van der Waals surface area contributed by atoms with E-state index in [0.29, 0.717) is 13.1 Å². The van der Waals surface area contributed by atoms with Crippen LogP contribution in [0.25, 0.3) is 0 Å². The molecule has 72 valence electrons. The third kappa shape index (κ3) is 2.60. The van der Waals surface area contributed by atoms with Gasteiger partial charge in [-0.05, 0) is 6.26 Å². The molecule has 0 aromatic heterocycles. The quantitative estimate of drug-likeness (QED) is 0.588. The normalized spacial score (nSPS) is 21.1. The van der Waals surface area contributed by atoms with Crippen LogP contribution in [0.2, 0.25) is 0 Å². The van der Waals surface area contributed by atoms with Gasteiger partial charge in [0.2, 0.25) is 0 Å². The van der Waals surface area contributed by atoms with Gasteiger partial charge in [-0.2, -0.15) is 12.7 Å². The van der Waals surface area contributed by atoms with Crippen LogP contribution in [0.15, 0.2) is 0 Å². The zero-order valence-electron chi connectivity index (χ0n) is 6.91. The van der Waals surface area contributed by atoms with Gasteiger partial charge in [-0.25, -0.2) is 0 Å². The minimum atomic E-state index is -3.23. The van der Waals surface area contributed by atoms with Crippen LogP contribution in [0.5, 0.6) is 0 Å². The first-order valence-corrected chi connectivity index (χ1v) is 6.34. The minimum absolute atomic E-state index is 0.551. The highest BCUT2D eigenvalue weighted by atomic mass is 32.3. The monoisotopic (exact) mass is 211 g/mol. The van der Waals surface area contributed by atoms with Crippen molar-refractivity contribution in [2.75, 3.05) is 32.4 Å². The SMILES string of the molecule is CSNS(=O)(=O)N1CCNCC1. The van der Waals surface area contributed by atoms with Crippen LogP contribution >= 0.6 is 11.9 Å². The van der Waals surface area contributed by atoms with Crippen LogP contribution in [0, 0.1) is 0 Å². The van der Waals surface area contributed by atoms with Crippen molar-refractivity contribution in [1.29, 1.82) is 0 Å². The van der Waals surface area contributed by atoms with Gasteiger partial charge in [-0.1, -0.05) is 11.9 Å². The number of hydrogen-bond acceptors (Lipinski definition) is 4. The molecule has 1 aliphatic heterocycles. The third-order valence-electron chi connectivity index (χ3n) is 1.60. The number of rotatable bonds is 3. The maximum Gasteiger partial charge on any atom is 0.288 e. The lowest BCUT2D eigenvalue weighted by Gasteiger charge is -2.25. The van der Waals surface area contributed by atoms with E-state index in [9.17, 15) is 8.42 Å². The molecule has 1 fully saturated rings. The molecule has 5 nitrogen and oxygen atoms in total. The summed E-state index contributed by atoms with van der Waals surface area (Å²) in [6.45, 7) is 2.57. The maximum absolute atomic E-state index is 11.4. The Morgan fingerprint density at radius 3 is 2.50 bits per heavy atom. The second kappa shape index (κ2) is 4.43. The molecule has 0 radical (unpaired) electrons. The van der Waals surface area contributed by atoms with Crippen molar-refractivity contribution in [3.05, 3.63) is 0 Å². The topological polar surface area (TPSA) is 61.4 Å². The van der Waals surface area contributed by atoms with Crippen molar-refractivity contribution in [1.82, 2.24) is 13.7 Å². The Kier molecular flexibility index (Phi) is 3.78. The van der Waals surface area contributed by atoms with Crippen LogP contribution in [-0.2, 0) is 10.2 Å². The molecule has 0 spiro atoms. The van der Waals surface area contributed by atoms with E-state index in [-0.39, 0.29) is 0 Å². The summed E-state index contributed by atoms with van der Waals surface area (Å²) < 4.78 is 26.5. The van der Waals surface area contributed by atoms with Crippen LogP contribution in [0.3, 0.4) is 0 Å². The molecular weight excluding hydrogens is 198 g/mol. The summed E-state index contributed by atoms with van der Waals surface area (Å²) >= 11 is 1.10. The molecule has 0 saturated carbocycles. The molecule has 1 heterocycles. The highest BCUT2D eigenvalue weighted by molar-refractivity contribution is 8.07. The fourth-order valence-electron chi connectivity index (χ4n) is 1.04. The number of nitrogens with zero attached hydrogens (tertiary/aromatic N) is 1. The summed E-state index contributed by atoms with van der Waals surface area (Å²) in [7, 11) is -3.23. The second-order valence-electron chi connectivity index (χ2n) is 2.44. The molecule has 0 aromatic carbocycles. The first kappa shape index (κ1) is 10.3. The zero-order chi connectivity index (χ0) is 9.03. The van der Waals surface area contributed by atoms with Gasteiger partial charge in [-0.3, -0.25) is 0 Å². The first-order valence-electron chi connectivity index (χ1n) is 3.67. The molecule has 1 aliphatic rings. The summed E-state index contributed by atoms with van der Waals surface area (Å²) in [5.74, 6) is 0. The molecule has 2 N–H and O–H groups in total. The van der Waals surface area contributed by atoms with Crippen LogP contribution < -0.4 is 9.44 Å². The molecule has 0 aromatic rings. The van der Waals surface area contributed by atoms with Crippen molar-refractivity contribution in [3.63, 3.8) is 0 Å². The second-order valence-corrected chi connectivity index (χ2v) is 4.98. The molecule has 0 aliphatic carbocycles. The van der Waals surface area contributed by atoms with E-state index < -0.39 is 10.2 Å². The zero-order valence-corrected chi connectivity index (χ0v) is 8.54. The van der Waals surface area contributed by atoms with Crippen molar-refractivity contribution in [3.8, 4) is 0 Å². The van der Waals surface area contributed by atoms with Crippen molar-refractivity contribution >= 4 is 22.2 Å². The summed E-state index contributed by atoms with van der Waals surface area (Å²) in [4.78, 5) is 0. The molecule has 0 bridgehead atoms. The van der Waals surface area contributed by atoms with Crippen molar-refractivity contribution in [2.24, 2.45) is 0 Å². The van der Waals surface area contributed by atoms with Gasteiger partial charge in [-0.15, -0.1) is 4.13 Å². The maximum atomic E-state index is 11.4. The summed E-state index contributed by atoms with van der Waals surface area (Å²) in [6, 6.07) is 0. The number of piperazine rings is 1. The fourth-order valence-corrected chi connectivity index (χ4v) is 2.97. The van der Waals surface area contributed by atoms with E-state index >= 15 is 0 Å². The van der Waals surface area contributed by atoms with Crippen molar-refractivity contribution in [2.45, 2.75) is 0 Å². The average Bonchev–Trinajstić information content (AvgIpc) is 2.06. The van der Waals surface area contributed by atoms with E-state index in [1.165, 1.54) is 4.31 Å². The van der Waals surface area contributed by atoms with E-state index in [1.54, 1.807) is 6.26 Å². The smallest absolute Gasteiger partial charge is 0.288 e. The lowest BCUT2D eigenvalue weighted by atomic mass is 10.4. The highest BCUT2D eigenvalue weighted by Gasteiger charge is 2.22. The van der Waals surface area contributed by atoms with Crippen molar-refractivity contribution < 1.29 is 8.42 Å². The Labute approximate surface area is 77.2 Å². The number of nitrogens with one attached hydrogen (secondary N) is 2. The fraction of sp³-hybridized carbons (Fsp3) is 1.00. The predicted octanol–water partition coefficient (Wildman–Crippen LogP) is -0.996. The van der Waals surface area contributed by atoms with Crippen LogP contribution in [0.4, 0.5) is 0 Å². The van der Waals surface area contributed by atoms with Crippen LogP contribution in [0.1, 0.15) is 0 Å². The van der Waals surface area contributed by atoms with Gasteiger partial charge in [0.05, 0.1) is 0 Å². The average molecular weight is 211 g/mol. The minimum Gasteiger partial charge on any atom is -0.314 e. The summed E-state index contributed by atoms with van der Waals surface area (Å²) in [5, 5.41) is 3.09. The van der Waals surface area contributed by atoms with E-state index in [4.69, 9.17) is 0 Å². The standard InChI is InChI=1S/C5H13N3O2S2/c1-11-7-12(9,10)8-4-2-6-3-5-8/h6-7H,2-5H2,1H3. The Bertz CT molecular complexity index is 223. The molecule has 1 saturated heterocycles. The molecule has 0 amide bonds.